The van der Waals surface area contributed by atoms with Crippen molar-refractivity contribution >= 4 is 9.84 Å². The second-order valence-electron chi connectivity index (χ2n) is 6.13. The summed E-state index contributed by atoms with van der Waals surface area (Å²) in [6, 6.07) is 0.0727. The van der Waals surface area contributed by atoms with Crippen LogP contribution in [0.4, 0.5) is 0 Å². The maximum atomic E-state index is 11.1. The van der Waals surface area contributed by atoms with E-state index in [1.54, 1.807) is 0 Å². The second-order valence-corrected chi connectivity index (χ2v) is 8.31. The van der Waals surface area contributed by atoms with E-state index < -0.39 is 9.84 Å². The van der Waals surface area contributed by atoms with Gasteiger partial charge in [0.2, 0.25) is 0 Å². The predicted molar refractivity (Wildman–Crippen MR) is 89.0 cm³/mol. The van der Waals surface area contributed by atoms with Gasteiger partial charge >= 0.3 is 0 Å². The maximum absolute atomic E-state index is 11.1. The molecule has 0 radical (unpaired) electrons. The van der Waals surface area contributed by atoms with E-state index in [2.05, 4.69) is 12.2 Å². The molecule has 0 aromatic carbocycles. The molecule has 0 aromatic rings. The highest BCUT2D eigenvalue weighted by Crippen LogP contribution is 2.10. The van der Waals surface area contributed by atoms with Gasteiger partial charge in [-0.25, -0.2) is 8.42 Å². The molecular formula is C16H35NO2S. The van der Waals surface area contributed by atoms with Crippen molar-refractivity contribution in [3.8, 4) is 0 Å². The van der Waals surface area contributed by atoms with Gasteiger partial charge in [-0.1, -0.05) is 64.7 Å². The lowest BCUT2D eigenvalue weighted by molar-refractivity contribution is 0.519. The Labute approximate surface area is 126 Å². The molecular weight excluding hydrogens is 270 g/mol. The molecule has 122 valence electrons. The number of rotatable bonds is 14. The molecule has 0 heterocycles. The molecule has 20 heavy (non-hydrogen) atoms. The van der Waals surface area contributed by atoms with Crippen LogP contribution < -0.4 is 5.32 Å². The Morgan fingerprint density at radius 1 is 0.850 bits per heavy atom. The largest absolute Gasteiger partial charge is 0.313 e. The van der Waals surface area contributed by atoms with E-state index in [9.17, 15) is 8.42 Å². The van der Waals surface area contributed by atoms with Crippen LogP contribution in [0.25, 0.3) is 0 Å². The number of hydrogen-bond acceptors (Lipinski definition) is 3. The average Bonchev–Trinajstić information content (AvgIpc) is 2.34. The molecule has 0 aliphatic rings. The predicted octanol–water partition coefficient (Wildman–Crippen LogP) is 3.93. The Bertz CT molecular complexity index is 302. The molecule has 0 aliphatic carbocycles. The van der Waals surface area contributed by atoms with Crippen LogP contribution in [0.2, 0.25) is 0 Å². The molecule has 3 nitrogen and oxygen atoms in total. The Hall–Kier alpha value is -0.0900. The van der Waals surface area contributed by atoms with Crippen LogP contribution in [0.3, 0.4) is 0 Å². The molecule has 0 aromatic heterocycles. The molecule has 1 atom stereocenters. The molecule has 4 heteroatoms. The van der Waals surface area contributed by atoms with Crippen LogP contribution >= 0.6 is 0 Å². The number of unbranched alkanes of at least 4 members (excludes halogenated alkanes) is 9. The molecule has 0 saturated heterocycles. The van der Waals surface area contributed by atoms with Crippen molar-refractivity contribution in [3.63, 3.8) is 0 Å². The minimum Gasteiger partial charge on any atom is -0.313 e. The van der Waals surface area contributed by atoms with Crippen LogP contribution in [0, 0.1) is 0 Å². The van der Waals surface area contributed by atoms with Gasteiger partial charge < -0.3 is 5.32 Å². The first-order chi connectivity index (χ1) is 9.45. The summed E-state index contributed by atoms with van der Waals surface area (Å²) in [5.74, 6) is 0.241. The van der Waals surface area contributed by atoms with Crippen LogP contribution in [0.1, 0.15) is 78.1 Å². The highest BCUT2D eigenvalue weighted by molar-refractivity contribution is 7.90. The van der Waals surface area contributed by atoms with Gasteiger partial charge in [-0.05, 0) is 19.9 Å². The van der Waals surface area contributed by atoms with Gasteiger partial charge in [0.1, 0.15) is 9.84 Å². The first-order valence-corrected chi connectivity index (χ1v) is 10.4. The normalized spacial score (nSPS) is 13.6. The van der Waals surface area contributed by atoms with Crippen LogP contribution in [0.5, 0.6) is 0 Å². The topological polar surface area (TPSA) is 46.2 Å². The summed E-state index contributed by atoms with van der Waals surface area (Å²) in [4.78, 5) is 0. The van der Waals surface area contributed by atoms with Gasteiger partial charge in [0.05, 0.1) is 5.75 Å². The molecule has 0 aliphatic heterocycles. The van der Waals surface area contributed by atoms with Gasteiger partial charge in [-0.2, -0.15) is 0 Å². The fourth-order valence-corrected chi connectivity index (χ4v) is 3.50. The van der Waals surface area contributed by atoms with Gasteiger partial charge in [-0.15, -0.1) is 0 Å². The Balaban J connectivity index is 3.20. The monoisotopic (exact) mass is 305 g/mol. The fraction of sp³-hybridized carbons (Fsp3) is 1.00. The smallest absolute Gasteiger partial charge is 0.148 e. The van der Waals surface area contributed by atoms with Crippen molar-refractivity contribution in [2.24, 2.45) is 0 Å². The van der Waals surface area contributed by atoms with E-state index in [1.807, 2.05) is 6.92 Å². The fourth-order valence-electron chi connectivity index (χ4n) is 2.47. The lowest BCUT2D eigenvalue weighted by atomic mass is 10.1. The summed E-state index contributed by atoms with van der Waals surface area (Å²) in [5.41, 5.74) is 0. The third-order valence-corrected chi connectivity index (χ3v) is 4.68. The third-order valence-electron chi connectivity index (χ3n) is 3.58. The van der Waals surface area contributed by atoms with Crippen molar-refractivity contribution in [2.75, 3.05) is 18.6 Å². The van der Waals surface area contributed by atoms with Crippen LogP contribution in [0.15, 0.2) is 0 Å². The summed E-state index contributed by atoms with van der Waals surface area (Å²) >= 11 is 0. The second kappa shape index (κ2) is 12.6. The molecule has 0 rings (SSSR count). The summed E-state index contributed by atoms with van der Waals surface area (Å²) in [5, 5.41) is 3.29. The van der Waals surface area contributed by atoms with Gasteiger partial charge in [0.25, 0.3) is 0 Å². The van der Waals surface area contributed by atoms with Gasteiger partial charge in [0.15, 0.2) is 0 Å². The van der Waals surface area contributed by atoms with E-state index in [0.717, 1.165) is 13.0 Å². The molecule has 0 saturated carbocycles. The van der Waals surface area contributed by atoms with E-state index in [1.165, 1.54) is 64.0 Å². The molecule has 1 unspecified atom stereocenters. The van der Waals surface area contributed by atoms with E-state index in [-0.39, 0.29) is 11.8 Å². The molecule has 0 spiro atoms. The lowest BCUT2D eigenvalue weighted by Gasteiger charge is -2.12. The number of nitrogens with one attached hydrogen (secondary N) is 1. The Kier molecular flexibility index (Phi) is 12.6. The number of sulfone groups is 1. The van der Waals surface area contributed by atoms with E-state index >= 15 is 0 Å². The summed E-state index contributed by atoms with van der Waals surface area (Å²) in [6.07, 6.45) is 14.7. The number of hydrogen-bond donors (Lipinski definition) is 1. The van der Waals surface area contributed by atoms with Crippen molar-refractivity contribution < 1.29 is 8.42 Å². The van der Waals surface area contributed by atoms with Gasteiger partial charge in [0, 0.05) is 12.3 Å². The van der Waals surface area contributed by atoms with Crippen molar-refractivity contribution in [3.05, 3.63) is 0 Å². The van der Waals surface area contributed by atoms with Gasteiger partial charge in [-0.3, -0.25) is 0 Å². The first kappa shape index (κ1) is 19.9. The summed E-state index contributed by atoms with van der Waals surface area (Å²) in [7, 11) is -2.85. The zero-order valence-corrected chi connectivity index (χ0v) is 14.6. The van der Waals surface area contributed by atoms with E-state index in [4.69, 9.17) is 0 Å². The minimum absolute atomic E-state index is 0.0727. The highest BCUT2D eigenvalue weighted by Gasteiger charge is 2.08. The maximum Gasteiger partial charge on any atom is 0.148 e. The quantitative estimate of drug-likeness (QED) is 0.495. The first-order valence-electron chi connectivity index (χ1n) is 8.37. The molecule has 0 amide bonds. The lowest BCUT2D eigenvalue weighted by Crippen LogP contribution is -2.33. The van der Waals surface area contributed by atoms with Crippen LogP contribution in [-0.2, 0) is 9.84 Å². The van der Waals surface area contributed by atoms with Crippen molar-refractivity contribution in [2.45, 2.75) is 84.1 Å². The third kappa shape index (κ3) is 16.0. The highest BCUT2D eigenvalue weighted by atomic mass is 32.2. The Morgan fingerprint density at radius 2 is 1.30 bits per heavy atom. The van der Waals surface area contributed by atoms with Crippen LogP contribution in [-0.4, -0.2) is 33.0 Å². The minimum atomic E-state index is -2.85. The SMILES string of the molecule is CCCCCCCCCCCCNC(C)CS(C)(=O)=O. The average molecular weight is 306 g/mol. The Morgan fingerprint density at radius 3 is 1.75 bits per heavy atom. The summed E-state index contributed by atoms with van der Waals surface area (Å²) < 4.78 is 22.2. The standard InChI is InChI=1S/C16H35NO2S/c1-4-5-6-7-8-9-10-11-12-13-14-17-16(2)15-20(3,18)19/h16-17H,4-15H2,1-3H3. The molecule has 0 bridgehead atoms. The zero-order valence-electron chi connectivity index (χ0n) is 13.8. The van der Waals surface area contributed by atoms with E-state index in [0.29, 0.717) is 0 Å². The van der Waals surface area contributed by atoms with Crippen molar-refractivity contribution in [1.82, 2.24) is 5.32 Å². The summed E-state index contributed by atoms with van der Waals surface area (Å²) in [6.45, 7) is 5.13. The van der Waals surface area contributed by atoms with Crippen molar-refractivity contribution in [1.29, 1.82) is 0 Å². The molecule has 1 N–H and O–H groups in total. The zero-order chi connectivity index (χ0) is 15.3. The molecule has 0 fully saturated rings.